The van der Waals surface area contributed by atoms with Gasteiger partial charge in [-0.2, -0.15) is 9.37 Å². The van der Waals surface area contributed by atoms with E-state index in [0.717, 1.165) is 24.7 Å². The number of likely N-dealkylation sites (tertiary alicyclic amines) is 1. The Balaban J connectivity index is 0.00000400. The maximum atomic E-state index is 14.4. The van der Waals surface area contributed by atoms with Gasteiger partial charge in [0.2, 0.25) is 23.6 Å². The van der Waals surface area contributed by atoms with Crippen LogP contribution in [-0.4, -0.2) is 58.3 Å². The van der Waals surface area contributed by atoms with Crippen molar-refractivity contribution in [2.24, 2.45) is 0 Å². The topological polar surface area (TPSA) is 96.9 Å². The molecule has 2 aromatic carbocycles. The fourth-order valence-electron chi connectivity index (χ4n) is 3.77. The molecule has 1 aromatic heterocycles. The van der Waals surface area contributed by atoms with Crippen molar-refractivity contribution >= 4 is 23.5 Å². The Hall–Kier alpha value is -4.47. The number of anilines is 2. The fraction of sp³-hybridized carbons (Fsp3) is 0.286. The summed E-state index contributed by atoms with van der Waals surface area (Å²) in [5.41, 5.74) is 1.53. The number of likely N-dealkylation sites (N-methyl/N-ethyl adjacent to an activating group) is 1. The van der Waals surface area contributed by atoms with Crippen LogP contribution in [-0.2, 0) is 16.1 Å². The number of nitrogens with zero attached hydrogens (tertiary/aromatic N) is 4. The van der Waals surface area contributed by atoms with Gasteiger partial charge in [0.15, 0.2) is 0 Å². The van der Waals surface area contributed by atoms with Crippen LogP contribution < -0.4 is 14.8 Å². The molecule has 4 rings (SSSR count). The van der Waals surface area contributed by atoms with E-state index in [1.807, 2.05) is 6.07 Å². The van der Waals surface area contributed by atoms with Crippen molar-refractivity contribution < 1.29 is 23.5 Å². The SMILES string of the molecule is C.C=CC(=O)N(C)Cc1ccc(Oc2nc(Nc3cccc(OCCN4CCCC4=O)c3)ncc2F)cc1. The minimum Gasteiger partial charge on any atom is -0.492 e. The molecule has 0 radical (unpaired) electrons. The van der Waals surface area contributed by atoms with Gasteiger partial charge in [-0.3, -0.25) is 9.59 Å². The van der Waals surface area contributed by atoms with Crippen molar-refractivity contribution in [1.82, 2.24) is 19.8 Å². The van der Waals surface area contributed by atoms with Crippen molar-refractivity contribution in [2.45, 2.75) is 26.8 Å². The molecule has 200 valence electrons. The van der Waals surface area contributed by atoms with Crippen LogP contribution in [0.3, 0.4) is 0 Å². The van der Waals surface area contributed by atoms with Gasteiger partial charge in [-0.1, -0.05) is 32.2 Å². The van der Waals surface area contributed by atoms with Crippen molar-refractivity contribution in [3.05, 3.63) is 78.8 Å². The van der Waals surface area contributed by atoms with Gasteiger partial charge < -0.3 is 24.6 Å². The zero-order valence-corrected chi connectivity index (χ0v) is 20.5. The second-order valence-electron chi connectivity index (χ2n) is 8.48. The molecule has 1 aliphatic heterocycles. The van der Waals surface area contributed by atoms with Crippen molar-refractivity contribution in [3.63, 3.8) is 0 Å². The van der Waals surface area contributed by atoms with Crippen LogP contribution in [0, 0.1) is 5.82 Å². The molecule has 2 heterocycles. The number of halogens is 1. The molecule has 9 nitrogen and oxygen atoms in total. The van der Waals surface area contributed by atoms with E-state index in [1.165, 1.54) is 11.0 Å². The third-order valence-electron chi connectivity index (χ3n) is 5.71. The second kappa shape index (κ2) is 13.2. The van der Waals surface area contributed by atoms with Crippen LogP contribution >= 0.6 is 0 Å². The molecule has 0 unspecified atom stereocenters. The molecular weight excluding hydrogens is 489 g/mol. The lowest BCUT2D eigenvalue weighted by molar-refractivity contribution is -0.128. The third kappa shape index (κ3) is 7.52. The largest absolute Gasteiger partial charge is 0.492 e. The average Bonchev–Trinajstić information content (AvgIpc) is 3.31. The minimum atomic E-state index is -0.709. The lowest BCUT2D eigenvalue weighted by Crippen LogP contribution is -2.29. The molecule has 10 heteroatoms. The zero-order valence-electron chi connectivity index (χ0n) is 20.5. The molecule has 2 amide bonds. The van der Waals surface area contributed by atoms with Gasteiger partial charge in [-0.05, 0) is 42.3 Å². The highest BCUT2D eigenvalue weighted by Crippen LogP contribution is 2.26. The van der Waals surface area contributed by atoms with Gasteiger partial charge >= 0.3 is 0 Å². The van der Waals surface area contributed by atoms with Crippen molar-refractivity contribution in [3.8, 4) is 17.4 Å². The highest BCUT2D eigenvalue weighted by molar-refractivity contribution is 5.86. The maximum absolute atomic E-state index is 14.4. The summed E-state index contributed by atoms with van der Waals surface area (Å²) < 4.78 is 25.8. The molecular formula is C28H32FN5O4. The first-order chi connectivity index (χ1) is 17.9. The van der Waals surface area contributed by atoms with E-state index in [0.29, 0.717) is 43.3 Å². The molecule has 1 saturated heterocycles. The number of hydrogen-bond acceptors (Lipinski definition) is 7. The van der Waals surface area contributed by atoms with Crippen LogP contribution in [0.5, 0.6) is 17.4 Å². The number of ether oxygens (including phenoxy) is 2. The lowest BCUT2D eigenvalue weighted by atomic mass is 10.2. The van der Waals surface area contributed by atoms with Gasteiger partial charge in [0.1, 0.15) is 18.1 Å². The Morgan fingerprint density at radius 1 is 1.24 bits per heavy atom. The summed E-state index contributed by atoms with van der Waals surface area (Å²) in [4.78, 5) is 34.8. The van der Waals surface area contributed by atoms with E-state index < -0.39 is 5.82 Å². The monoisotopic (exact) mass is 521 g/mol. The van der Waals surface area contributed by atoms with Crippen LogP contribution in [0.25, 0.3) is 0 Å². The Morgan fingerprint density at radius 2 is 2.03 bits per heavy atom. The number of carbonyl (C=O) groups excluding carboxylic acids is 2. The smallest absolute Gasteiger partial charge is 0.260 e. The summed E-state index contributed by atoms with van der Waals surface area (Å²) >= 11 is 0. The molecule has 3 aromatic rings. The predicted molar refractivity (Wildman–Crippen MR) is 143 cm³/mol. The van der Waals surface area contributed by atoms with Crippen LogP contribution in [0.2, 0.25) is 0 Å². The first kappa shape index (κ1) is 28.1. The normalized spacial score (nSPS) is 12.5. The molecule has 0 bridgehead atoms. The molecule has 1 aliphatic rings. The molecule has 0 spiro atoms. The Kier molecular flexibility index (Phi) is 9.75. The standard InChI is InChI=1S/C27H28FN5O4.CH4/c1-3-24(34)32(2)18-19-9-11-21(12-10-19)37-26-23(28)17-29-27(31-26)30-20-6-4-7-22(16-20)36-15-14-33-13-5-8-25(33)35;/h3-4,6-7,9-12,16-17H,1,5,8,13-15,18H2,2H3,(H,29,30,31);1H4. The molecule has 0 aliphatic carbocycles. The molecule has 0 atom stereocenters. The van der Waals surface area contributed by atoms with Crippen molar-refractivity contribution in [1.29, 1.82) is 0 Å². The van der Waals surface area contributed by atoms with Gasteiger partial charge in [0.05, 0.1) is 12.7 Å². The summed E-state index contributed by atoms with van der Waals surface area (Å²) in [5, 5.41) is 3.02. The first-order valence-corrected chi connectivity index (χ1v) is 11.9. The van der Waals surface area contributed by atoms with E-state index in [9.17, 15) is 14.0 Å². The Morgan fingerprint density at radius 3 is 2.74 bits per heavy atom. The second-order valence-corrected chi connectivity index (χ2v) is 8.48. The first-order valence-electron chi connectivity index (χ1n) is 11.9. The van der Waals surface area contributed by atoms with Crippen LogP contribution in [0.4, 0.5) is 16.0 Å². The molecule has 1 fully saturated rings. The zero-order chi connectivity index (χ0) is 26.2. The highest BCUT2D eigenvalue weighted by atomic mass is 19.1. The Labute approximate surface area is 221 Å². The number of amides is 2. The van der Waals surface area contributed by atoms with Gasteiger partial charge in [0.25, 0.3) is 5.88 Å². The third-order valence-corrected chi connectivity index (χ3v) is 5.71. The molecule has 0 saturated carbocycles. The number of rotatable bonds is 11. The minimum absolute atomic E-state index is 0. The molecule has 38 heavy (non-hydrogen) atoms. The van der Waals surface area contributed by atoms with Crippen LogP contribution in [0.15, 0.2) is 67.4 Å². The quantitative estimate of drug-likeness (QED) is 0.357. The van der Waals surface area contributed by atoms with E-state index in [-0.39, 0.29) is 31.1 Å². The van der Waals surface area contributed by atoms with Gasteiger partial charge in [-0.15, -0.1) is 0 Å². The predicted octanol–water partition coefficient (Wildman–Crippen LogP) is 4.93. The summed E-state index contributed by atoms with van der Waals surface area (Å²) in [7, 11) is 1.68. The summed E-state index contributed by atoms with van der Waals surface area (Å²) in [6.45, 7) is 5.58. The maximum Gasteiger partial charge on any atom is 0.260 e. The summed E-state index contributed by atoms with van der Waals surface area (Å²) in [6, 6.07) is 14.1. The number of aromatic nitrogens is 2. The number of hydrogen-bond donors (Lipinski definition) is 1. The van der Waals surface area contributed by atoms with Crippen LogP contribution in [0.1, 0.15) is 25.8 Å². The summed E-state index contributed by atoms with van der Waals surface area (Å²) in [6.07, 6.45) is 3.78. The number of nitrogens with one attached hydrogen (secondary N) is 1. The van der Waals surface area contributed by atoms with E-state index in [4.69, 9.17) is 9.47 Å². The van der Waals surface area contributed by atoms with E-state index >= 15 is 0 Å². The van der Waals surface area contributed by atoms with E-state index in [1.54, 1.807) is 54.4 Å². The van der Waals surface area contributed by atoms with Crippen molar-refractivity contribution in [2.75, 3.05) is 32.1 Å². The average molecular weight is 522 g/mol. The molecule has 1 N–H and O–H groups in total. The van der Waals surface area contributed by atoms with E-state index in [2.05, 4.69) is 21.9 Å². The lowest BCUT2D eigenvalue weighted by Gasteiger charge is -2.16. The summed E-state index contributed by atoms with van der Waals surface area (Å²) in [5.74, 6) is 0.199. The number of carbonyl (C=O) groups is 2. The Bertz CT molecular complexity index is 1270. The van der Waals surface area contributed by atoms with Gasteiger partial charge in [-0.25, -0.2) is 4.98 Å². The highest BCUT2D eigenvalue weighted by Gasteiger charge is 2.19. The number of benzene rings is 2. The van der Waals surface area contributed by atoms with Gasteiger partial charge in [0, 0.05) is 38.3 Å². The fourth-order valence-corrected chi connectivity index (χ4v) is 3.77.